The topological polar surface area (TPSA) is 35.5 Å². The van der Waals surface area contributed by atoms with E-state index in [1.165, 1.54) is 0 Å². The monoisotopic (exact) mass is 250 g/mol. The summed E-state index contributed by atoms with van der Waals surface area (Å²) in [6, 6.07) is 7.60. The molecule has 0 radical (unpaired) electrons. The van der Waals surface area contributed by atoms with E-state index in [1.54, 1.807) is 6.92 Å². The van der Waals surface area contributed by atoms with E-state index in [2.05, 4.69) is 0 Å². The van der Waals surface area contributed by atoms with Crippen molar-refractivity contribution in [2.24, 2.45) is 0 Å². The summed E-state index contributed by atoms with van der Waals surface area (Å²) in [6.07, 6.45) is 0.480. The maximum atomic E-state index is 11.0. The zero-order valence-electron chi connectivity index (χ0n) is 11.7. The predicted molar refractivity (Wildman–Crippen MR) is 72.0 cm³/mol. The van der Waals surface area contributed by atoms with Crippen LogP contribution in [0.15, 0.2) is 24.3 Å². The molecule has 18 heavy (non-hydrogen) atoms. The fourth-order valence-corrected chi connectivity index (χ4v) is 1.50. The standard InChI is InChI=1S/C15H22O3/c1-12(16)11-13-5-7-14(8-6-13)17-9-10-18-15(2,3)4/h5-8H,9-11H2,1-4H3. The first-order valence-corrected chi connectivity index (χ1v) is 6.22. The van der Waals surface area contributed by atoms with Crippen molar-refractivity contribution in [1.29, 1.82) is 0 Å². The van der Waals surface area contributed by atoms with Crippen LogP contribution >= 0.6 is 0 Å². The lowest BCUT2D eigenvalue weighted by molar-refractivity contribution is -0.116. The molecule has 0 saturated heterocycles. The molecule has 1 rings (SSSR count). The Kier molecular flexibility index (Phi) is 5.35. The van der Waals surface area contributed by atoms with Crippen molar-refractivity contribution >= 4 is 5.78 Å². The summed E-state index contributed by atoms with van der Waals surface area (Å²) in [4.78, 5) is 11.0. The zero-order valence-corrected chi connectivity index (χ0v) is 11.7. The van der Waals surface area contributed by atoms with Gasteiger partial charge in [-0.2, -0.15) is 0 Å². The van der Waals surface area contributed by atoms with Crippen molar-refractivity contribution < 1.29 is 14.3 Å². The Morgan fingerprint density at radius 2 is 1.72 bits per heavy atom. The van der Waals surface area contributed by atoms with Gasteiger partial charge in [0.05, 0.1) is 12.2 Å². The molecule has 0 atom stereocenters. The van der Waals surface area contributed by atoms with E-state index in [9.17, 15) is 4.79 Å². The Labute approximate surface area is 109 Å². The Morgan fingerprint density at radius 3 is 2.22 bits per heavy atom. The molecular formula is C15H22O3. The fourth-order valence-electron chi connectivity index (χ4n) is 1.50. The molecule has 100 valence electrons. The smallest absolute Gasteiger partial charge is 0.134 e. The van der Waals surface area contributed by atoms with Crippen LogP contribution in [0, 0.1) is 0 Å². The second kappa shape index (κ2) is 6.55. The Hall–Kier alpha value is -1.35. The van der Waals surface area contributed by atoms with Gasteiger partial charge in [-0.15, -0.1) is 0 Å². The average molecular weight is 250 g/mol. The van der Waals surface area contributed by atoms with Gasteiger partial charge < -0.3 is 9.47 Å². The lowest BCUT2D eigenvalue weighted by Crippen LogP contribution is -2.22. The largest absolute Gasteiger partial charge is 0.491 e. The van der Waals surface area contributed by atoms with E-state index >= 15 is 0 Å². The summed E-state index contributed by atoms with van der Waals surface area (Å²) in [5, 5.41) is 0. The van der Waals surface area contributed by atoms with E-state index in [0.717, 1.165) is 11.3 Å². The average Bonchev–Trinajstić information content (AvgIpc) is 2.24. The SMILES string of the molecule is CC(=O)Cc1ccc(OCCOC(C)(C)C)cc1. The highest BCUT2D eigenvalue weighted by Crippen LogP contribution is 2.13. The lowest BCUT2D eigenvalue weighted by atomic mass is 10.1. The van der Waals surface area contributed by atoms with E-state index < -0.39 is 0 Å². The summed E-state index contributed by atoms with van der Waals surface area (Å²) in [5.74, 6) is 0.974. The van der Waals surface area contributed by atoms with Crippen molar-refractivity contribution in [3.8, 4) is 5.75 Å². The Balaban J connectivity index is 2.33. The van der Waals surface area contributed by atoms with Crippen LogP contribution in [0.1, 0.15) is 33.3 Å². The van der Waals surface area contributed by atoms with Gasteiger partial charge in [0.1, 0.15) is 18.1 Å². The Bertz CT molecular complexity index is 374. The minimum atomic E-state index is -0.130. The Morgan fingerprint density at radius 1 is 1.11 bits per heavy atom. The van der Waals surface area contributed by atoms with Crippen LogP contribution < -0.4 is 4.74 Å². The molecule has 0 aromatic heterocycles. The predicted octanol–water partition coefficient (Wildman–Crippen LogP) is 3.01. The van der Waals surface area contributed by atoms with Gasteiger partial charge in [-0.1, -0.05) is 12.1 Å². The molecule has 0 fully saturated rings. The first kappa shape index (κ1) is 14.7. The number of ketones is 1. The molecule has 0 spiro atoms. The molecule has 0 heterocycles. The molecular weight excluding hydrogens is 228 g/mol. The number of carbonyl (C=O) groups is 1. The highest BCUT2D eigenvalue weighted by atomic mass is 16.5. The summed E-state index contributed by atoms with van der Waals surface area (Å²) in [6.45, 7) is 8.74. The van der Waals surface area contributed by atoms with Crippen molar-refractivity contribution in [3.05, 3.63) is 29.8 Å². The van der Waals surface area contributed by atoms with Crippen LogP contribution in [-0.4, -0.2) is 24.6 Å². The molecule has 0 saturated carbocycles. The van der Waals surface area contributed by atoms with E-state index in [4.69, 9.17) is 9.47 Å². The third kappa shape index (κ3) is 6.40. The summed E-state index contributed by atoms with van der Waals surface area (Å²) >= 11 is 0. The van der Waals surface area contributed by atoms with Gasteiger partial charge in [-0.3, -0.25) is 4.79 Å². The molecule has 0 aliphatic carbocycles. The van der Waals surface area contributed by atoms with Crippen LogP contribution in [-0.2, 0) is 16.0 Å². The maximum Gasteiger partial charge on any atom is 0.134 e. The molecule has 0 amide bonds. The number of ether oxygens (including phenoxy) is 2. The van der Waals surface area contributed by atoms with Gasteiger partial charge in [0.25, 0.3) is 0 Å². The van der Waals surface area contributed by atoms with Crippen LogP contribution in [0.25, 0.3) is 0 Å². The van der Waals surface area contributed by atoms with Gasteiger partial charge in [-0.25, -0.2) is 0 Å². The van der Waals surface area contributed by atoms with Gasteiger partial charge in [0, 0.05) is 6.42 Å². The molecule has 3 nitrogen and oxygen atoms in total. The highest BCUT2D eigenvalue weighted by molar-refractivity contribution is 5.78. The van der Waals surface area contributed by atoms with E-state index in [-0.39, 0.29) is 11.4 Å². The quantitative estimate of drug-likeness (QED) is 0.728. The molecule has 0 aliphatic heterocycles. The third-order valence-electron chi connectivity index (χ3n) is 2.26. The van der Waals surface area contributed by atoms with Crippen molar-refractivity contribution in [3.63, 3.8) is 0 Å². The number of benzene rings is 1. The van der Waals surface area contributed by atoms with Gasteiger partial charge >= 0.3 is 0 Å². The fraction of sp³-hybridized carbons (Fsp3) is 0.533. The van der Waals surface area contributed by atoms with Crippen LogP contribution in [0.5, 0.6) is 5.75 Å². The first-order valence-electron chi connectivity index (χ1n) is 6.22. The molecule has 0 bridgehead atoms. The van der Waals surface area contributed by atoms with E-state index in [0.29, 0.717) is 19.6 Å². The highest BCUT2D eigenvalue weighted by Gasteiger charge is 2.09. The molecule has 1 aromatic rings. The minimum Gasteiger partial charge on any atom is -0.491 e. The summed E-state index contributed by atoms with van der Waals surface area (Å²) < 4.78 is 11.1. The normalized spacial score (nSPS) is 11.3. The van der Waals surface area contributed by atoms with Gasteiger partial charge in [0.2, 0.25) is 0 Å². The molecule has 0 N–H and O–H groups in total. The number of rotatable bonds is 6. The van der Waals surface area contributed by atoms with Crippen LogP contribution in [0.3, 0.4) is 0 Å². The second-order valence-corrected chi connectivity index (χ2v) is 5.33. The number of Topliss-reactive ketones (excluding diaryl/α,β-unsaturated/α-hetero) is 1. The minimum absolute atomic E-state index is 0.130. The third-order valence-corrected chi connectivity index (χ3v) is 2.26. The van der Waals surface area contributed by atoms with Crippen molar-refractivity contribution in [2.75, 3.05) is 13.2 Å². The van der Waals surface area contributed by atoms with E-state index in [1.807, 2.05) is 45.0 Å². The molecule has 1 aromatic carbocycles. The molecule has 0 aliphatic rings. The van der Waals surface area contributed by atoms with Crippen LogP contribution in [0.4, 0.5) is 0 Å². The van der Waals surface area contributed by atoms with Crippen molar-refractivity contribution in [1.82, 2.24) is 0 Å². The number of hydrogen-bond donors (Lipinski definition) is 0. The number of carbonyl (C=O) groups excluding carboxylic acids is 1. The second-order valence-electron chi connectivity index (χ2n) is 5.33. The number of hydrogen-bond acceptors (Lipinski definition) is 3. The lowest BCUT2D eigenvalue weighted by Gasteiger charge is -2.19. The zero-order chi connectivity index (χ0) is 13.6. The summed E-state index contributed by atoms with van der Waals surface area (Å²) in [5.41, 5.74) is 0.884. The van der Waals surface area contributed by atoms with Gasteiger partial charge in [0.15, 0.2) is 0 Å². The summed E-state index contributed by atoms with van der Waals surface area (Å²) in [7, 11) is 0. The maximum absolute atomic E-state index is 11.0. The molecule has 0 unspecified atom stereocenters. The van der Waals surface area contributed by atoms with Gasteiger partial charge in [-0.05, 0) is 45.4 Å². The first-order chi connectivity index (χ1) is 8.37. The van der Waals surface area contributed by atoms with Crippen molar-refractivity contribution in [2.45, 2.75) is 39.7 Å². The molecule has 3 heteroatoms. The van der Waals surface area contributed by atoms with Crippen LogP contribution in [0.2, 0.25) is 0 Å².